The van der Waals surface area contributed by atoms with Gasteiger partial charge in [-0.05, 0) is 110 Å². The number of benzene rings is 7. The van der Waals surface area contributed by atoms with Gasteiger partial charge in [0.15, 0.2) is 0 Å². The summed E-state index contributed by atoms with van der Waals surface area (Å²) in [4.78, 5) is 10.5. The molecule has 0 spiro atoms. The number of hydrogen-bond acceptors (Lipinski definition) is 3. The van der Waals surface area contributed by atoms with Gasteiger partial charge in [-0.25, -0.2) is 4.98 Å². The molecule has 9 aromatic rings. The summed E-state index contributed by atoms with van der Waals surface area (Å²) in [5.74, 6) is 0.820. The molecule has 0 saturated carbocycles. The van der Waals surface area contributed by atoms with Gasteiger partial charge in [-0.2, -0.15) is 0 Å². The fraction of sp³-hybridized carbons (Fsp3) is 0.238. The van der Waals surface area contributed by atoms with E-state index < -0.39 is 6.85 Å². The predicted octanol–water partition coefficient (Wildman–Crippen LogP) is 17.1. The minimum absolute atomic E-state index is 0. The molecule has 0 aliphatic heterocycles. The average molecular weight is 1080 g/mol. The average Bonchev–Trinajstić information content (AvgIpc) is 3.72. The van der Waals surface area contributed by atoms with Crippen molar-refractivity contribution in [2.75, 3.05) is 0 Å². The number of pyridine rings is 1. The molecule has 9 rings (SSSR count). The minimum atomic E-state index is -2.49. The van der Waals surface area contributed by atoms with Crippen LogP contribution in [0.15, 0.2) is 158 Å². The Kier molecular flexibility index (Phi) is 12.3. The Bertz CT molecular complexity index is 3380. The quantitative estimate of drug-likeness (QED) is 0.147. The third-order valence-corrected chi connectivity index (χ3v) is 13.1. The molecule has 1 N–H and O–H groups in total. The number of para-hydroxylation sites is 1. The number of fused-ring (bicyclic) bond motifs is 1. The van der Waals surface area contributed by atoms with Gasteiger partial charge in [0.2, 0.25) is 0 Å². The number of hydrogen-bond donors (Lipinski definition) is 1. The minimum Gasteiger partial charge on any atom is -0.507 e. The molecule has 5 heteroatoms. The van der Waals surface area contributed by atoms with Crippen LogP contribution >= 0.6 is 0 Å². The fourth-order valence-electron chi connectivity index (χ4n) is 9.05. The van der Waals surface area contributed by atoms with E-state index >= 15 is 0 Å². The maximum absolute atomic E-state index is 12.5. The van der Waals surface area contributed by atoms with Crippen LogP contribution < -0.4 is 0 Å². The molecular weight excluding hydrogens is 1010 g/mol. The summed E-state index contributed by atoms with van der Waals surface area (Å²) in [5.41, 5.74) is 15.5. The maximum Gasteiger partial charge on any atom is 0.148 e. The van der Waals surface area contributed by atoms with Gasteiger partial charge in [0, 0.05) is 42.6 Å². The second kappa shape index (κ2) is 19.0. The molecule has 4 nitrogen and oxygen atoms in total. The van der Waals surface area contributed by atoms with Crippen molar-refractivity contribution in [1.29, 1.82) is 0 Å². The molecule has 0 bridgehead atoms. The van der Waals surface area contributed by atoms with Crippen molar-refractivity contribution in [3.63, 3.8) is 0 Å². The maximum atomic E-state index is 12.5. The Labute approximate surface area is 422 Å². The zero-order valence-corrected chi connectivity index (χ0v) is 43.0. The summed E-state index contributed by atoms with van der Waals surface area (Å²) >= 11 is 0. The number of rotatable bonds is 9. The van der Waals surface area contributed by atoms with Crippen LogP contribution in [0.3, 0.4) is 0 Å². The van der Waals surface area contributed by atoms with Crippen LogP contribution in [0.25, 0.3) is 83.9 Å². The number of nitrogens with zero attached hydrogens (tertiary/aromatic N) is 3. The van der Waals surface area contributed by atoms with Gasteiger partial charge in [-0.1, -0.05) is 190 Å². The van der Waals surface area contributed by atoms with Gasteiger partial charge < -0.3 is 5.11 Å². The molecular formula is C63H62N3OPt-. The second-order valence-corrected chi connectivity index (χ2v) is 20.6. The third-order valence-electron chi connectivity index (χ3n) is 13.1. The first-order valence-corrected chi connectivity index (χ1v) is 23.5. The number of aromatic hydroxyl groups is 1. The van der Waals surface area contributed by atoms with E-state index in [1.807, 2.05) is 85.1 Å². The second-order valence-electron chi connectivity index (χ2n) is 20.6. The van der Waals surface area contributed by atoms with E-state index in [-0.39, 0.29) is 55.0 Å². The summed E-state index contributed by atoms with van der Waals surface area (Å²) < 4.78 is 29.4. The van der Waals surface area contributed by atoms with Crippen molar-refractivity contribution < 1.29 is 30.3 Å². The van der Waals surface area contributed by atoms with Gasteiger partial charge >= 0.3 is 0 Å². The zero-order valence-electron chi connectivity index (χ0n) is 43.8. The number of aryl methyl sites for hydroxylation is 1. The summed E-state index contributed by atoms with van der Waals surface area (Å²) in [6.07, 6.45) is 1.86. The molecule has 0 unspecified atom stereocenters. The van der Waals surface area contributed by atoms with Gasteiger partial charge in [0.05, 0.1) is 22.3 Å². The topological polar surface area (TPSA) is 50.9 Å². The van der Waals surface area contributed by atoms with E-state index in [1.54, 1.807) is 0 Å². The Morgan fingerprint density at radius 3 is 1.85 bits per heavy atom. The van der Waals surface area contributed by atoms with E-state index in [0.717, 1.165) is 78.0 Å². The number of aromatic nitrogens is 3. The Hall–Kier alpha value is -6.35. The van der Waals surface area contributed by atoms with Crippen molar-refractivity contribution in [3.8, 4) is 78.6 Å². The molecule has 68 heavy (non-hydrogen) atoms. The normalized spacial score (nSPS) is 12.8. The summed E-state index contributed by atoms with van der Waals surface area (Å²) in [6, 6.07) is 55.3. The number of imidazole rings is 1. The number of phenolic OH excluding ortho intramolecular Hbond substituents is 1. The monoisotopic (exact) mass is 1070 g/mol. The van der Waals surface area contributed by atoms with Gasteiger partial charge in [-0.3, -0.25) is 9.55 Å². The van der Waals surface area contributed by atoms with Crippen molar-refractivity contribution in [1.82, 2.24) is 14.5 Å². The predicted molar refractivity (Wildman–Crippen MR) is 282 cm³/mol. The molecule has 7 aromatic carbocycles. The molecule has 0 fully saturated rings. The number of phenols is 1. The molecule has 0 amide bonds. The van der Waals surface area contributed by atoms with Crippen LogP contribution in [0.1, 0.15) is 113 Å². The van der Waals surface area contributed by atoms with Crippen molar-refractivity contribution >= 4 is 11.0 Å². The van der Waals surface area contributed by atoms with E-state index in [0.29, 0.717) is 28.2 Å². The smallest absolute Gasteiger partial charge is 0.148 e. The summed E-state index contributed by atoms with van der Waals surface area (Å²) in [6.45, 7) is 19.2. The molecule has 0 atom stereocenters. The Morgan fingerprint density at radius 1 is 0.574 bits per heavy atom. The van der Waals surface area contributed by atoms with Gasteiger partial charge in [-0.15, -0.1) is 29.3 Å². The van der Waals surface area contributed by atoms with Gasteiger partial charge in [0.25, 0.3) is 0 Å². The largest absolute Gasteiger partial charge is 0.507 e. The molecule has 346 valence electrons. The van der Waals surface area contributed by atoms with Crippen molar-refractivity contribution in [3.05, 3.63) is 192 Å². The third kappa shape index (κ3) is 9.41. The molecule has 0 radical (unpaired) electrons. The summed E-state index contributed by atoms with van der Waals surface area (Å²) in [5, 5.41) is 12.5. The molecule has 0 saturated heterocycles. The van der Waals surface area contributed by atoms with Crippen molar-refractivity contribution in [2.45, 2.75) is 98.8 Å². The molecule has 2 heterocycles. The Balaban J connectivity index is 0.00000676. The molecule has 2 aromatic heterocycles. The first kappa shape index (κ1) is 44.2. The first-order valence-electron chi connectivity index (χ1n) is 25.0. The van der Waals surface area contributed by atoms with Crippen molar-refractivity contribution in [2.24, 2.45) is 0 Å². The van der Waals surface area contributed by atoms with E-state index in [1.165, 1.54) is 0 Å². The fourth-order valence-corrected chi connectivity index (χ4v) is 9.05. The van der Waals surface area contributed by atoms with Crippen LogP contribution in [-0.2, 0) is 31.9 Å². The van der Waals surface area contributed by atoms with Gasteiger partial charge in [0.1, 0.15) is 11.6 Å². The van der Waals surface area contributed by atoms with E-state index in [9.17, 15) is 5.11 Å². The van der Waals surface area contributed by atoms with E-state index in [2.05, 4.69) is 153 Å². The van der Waals surface area contributed by atoms with Crippen LogP contribution in [0.4, 0.5) is 0 Å². The van der Waals surface area contributed by atoms with Crippen LogP contribution in [0.5, 0.6) is 5.75 Å². The molecule has 0 aliphatic carbocycles. The Morgan fingerprint density at radius 2 is 1.22 bits per heavy atom. The standard InChI is InChI=1S/C63H62N3O.Pt/c1-39(2)46-35-52(40(3)4)60(67)55(36-46)61-65-59-51(47-32-48(34-50(33-47)63(9,10)11)56-37-45(29-30-64-56)42-19-14-12-15-20-42)23-18-24-57(59)66(61)58-31-41(5)53(38-54(58)43-21-16-13-17-22-43)44-25-27-49(28-26-44)62(6,7)8;/h12-31,33-40,67H,1-11H3;/q-1;/i5D3;. The van der Waals surface area contributed by atoms with E-state index in [4.69, 9.17) is 14.1 Å². The SMILES string of the molecule is [2H]C([2H])([2H])c1cc(-n2c(-c3cc(C(C)C)cc(C(C)C)c3O)nc3c(-c4[c-]c(-c5cc(-c6ccccc6)ccn5)cc(C(C)(C)C)c4)cccc32)c(-c2ccccc2)cc1-c1ccc(C(C)(C)C)cc1.[Pt]. The van der Waals surface area contributed by atoms with Crippen LogP contribution in [-0.4, -0.2) is 19.6 Å². The zero-order chi connectivity index (χ0) is 49.9. The van der Waals surface area contributed by atoms with Crippen LogP contribution in [0, 0.1) is 12.9 Å². The van der Waals surface area contributed by atoms with Crippen LogP contribution in [0.2, 0.25) is 0 Å². The first-order chi connectivity index (χ1) is 33.2. The summed E-state index contributed by atoms with van der Waals surface area (Å²) in [7, 11) is 0. The molecule has 0 aliphatic rings.